The Hall–Kier alpha value is -1.55. The third-order valence-corrected chi connectivity index (χ3v) is 3.63. The number of ether oxygens (including phenoxy) is 1. The molecule has 0 aromatic heterocycles. The van der Waals surface area contributed by atoms with Crippen LogP contribution in [0.25, 0.3) is 0 Å². The zero-order valence-corrected chi connectivity index (χ0v) is 13.6. The highest BCUT2D eigenvalue weighted by molar-refractivity contribution is 5.81. The van der Waals surface area contributed by atoms with Crippen LogP contribution in [0.4, 0.5) is 0 Å². The number of aryl methyl sites for hydroxylation is 1. The second-order valence-corrected chi connectivity index (χ2v) is 5.43. The van der Waals surface area contributed by atoms with Gasteiger partial charge in [-0.3, -0.25) is 4.79 Å². The van der Waals surface area contributed by atoms with Gasteiger partial charge in [0.25, 0.3) is 5.91 Å². The molecule has 118 valence electrons. The monoisotopic (exact) mass is 292 g/mol. The number of amides is 1. The zero-order chi connectivity index (χ0) is 15.8. The molecule has 1 amide bonds. The summed E-state index contributed by atoms with van der Waals surface area (Å²) in [6, 6.07) is 6.18. The number of nitrogens with two attached hydrogens (primary N) is 1. The first-order valence-electron chi connectivity index (χ1n) is 7.78. The minimum absolute atomic E-state index is 0.0667. The molecule has 0 saturated heterocycles. The summed E-state index contributed by atoms with van der Waals surface area (Å²) in [7, 11) is 0. The summed E-state index contributed by atoms with van der Waals surface area (Å²) < 4.78 is 5.84. The summed E-state index contributed by atoms with van der Waals surface area (Å²) >= 11 is 0. The Kier molecular flexibility index (Phi) is 7.23. The molecular weight excluding hydrogens is 264 g/mol. The van der Waals surface area contributed by atoms with Gasteiger partial charge in [-0.15, -0.1) is 0 Å². The molecule has 21 heavy (non-hydrogen) atoms. The molecule has 1 aromatic rings. The maximum atomic E-state index is 12.2. The van der Waals surface area contributed by atoms with Crippen molar-refractivity contribution in [3.63, 3.8) is 0 Å². The normalized spacial score (nSPS) is 12.3. The summed E-state index contributed by atoms with van der Waals surface area (Å²) in [5, 5.41) is 3.01. The smallest absolute Gasteiger partial charge is 0.260 e. The van der Waals surface area contributed by atoms with Gasteiger partial charge >= 0.3 is 0 Å². The van der Waals surface area contributed by atoms with Crippen molar-refractivity contribution in [2.24, 2.45) is 5.73 Å². The lowest BCUT2D eigenvalue weighted by atomic mass is 10.1. The third kappa shape index (κ3) is 5.38. The molecule has 1 rings (SSSR count). The molecule has 1 unspecified atom stereocenters. The molecule has 0 aliphatic heterocycles. The van der Waals surface area contributed by atoms with Crippen LogP contribution in [0.3, 0.4) is 0 Å². The van der Waals surface area contributed by atoms with Crippen molar-refractivity contribution in [3.05, 3.63) is 29.3 Å². The molecule has 4 heteroatoms. The van der Waals surface area contributed by atoms with Crippen LogP contribution in [-0.4, -0.2) is 24.6 Å². The van der Waals surface area contributed by atoms with Gasteiger partial charge in [-0.05, 0) is 51.3 Å². The van der Waals surface area contributed by atoms with E-state index in [2.05, 4.69) is 25.2 Å². The minimum Gasteiger partial charge on any atom is -0.481 e. The van der Waals surface area contributed by atoms with E-state index in [4.69, 9.17) is 10.5 Å². The van der Waals surface area contributed by atoms with E-state index >= 15 is 0 Å². The summed E-state index contributed by atoms with van der Waals surface area (Å²) in [4.78, 5) is 12.2. The molecule has 0 heterocycles. The van der Waals surface area contributed by atoms with Crippen LogP contribution in [-0.2, 0) is 11.2 Å². The molecule has 0 saturated carbocycles. The Bertz CT molecular complexity index is 456. The van der Waals surface area contributed by atoms with Crippen molar-refractivity contribution < 1.29 is 9.53 Å². The Morgan fingerprint density at radius 2 is 2.00 bits per heavy atom. The molecular formula is C17H28N2O2. The van der Waals surface area contributed by atoms with E-state index in [1.807, 2.05) is 19.1 Å². The molecule has 0 bridgehead atoms. The molecule has 0 radical (unpaired) electrons. The van der Waals surface area contributed by atoms with Crippen LogP contribution in [0.15, 0.2) is 18.2 Å². The number of carbonyl (C=O) groups excluding carboxylic acids is 1. The Balaban J connectivity index is 2.73. The van der Waals surface area contributed by atoms with E-state index in [0.717, 1.165) is 30.6 Å². The summed E-state index contributed by atoms with van der Waals surface area (Å²) in [5.41, 5.74) is 7.86. The van der Waals surface area contributed by atoms with Crippen molar-refractivity contribution in [2.45, 2.75) is 59.1 Å². The predicted molar refractivity (Wildman–Crippen MR) is 86.5 cm³/mol. The van der Waals surface area contributed by atoms with Crippen molar-refractivity contribution in [1.82, 2.24) is 5.32 Å². The largest absolute Gasteiger partial charge is 0.481 e. The standard InChI is InChI=1S/C17H28N2O2/c1-5-15(6-2)19-17(20)13(4)21-16-8-7-12(3)11-14(16)9-10-18/h7-8,11,13,15H,5-6,9-10,18H2,1-4H3,(H,19,20). The Morgan fingerprint density at radius 3 is 2.57 bits per heavy atom. The van der Waals surface area contributed by atoms with Crippen molar-refractivity contribution >= 4 is 5.91 Å². The molecule has 1 aromatic carbocycles. The quantitative estimate of drug-likeness (QED) is 0.774. The summed E-state index contributed by atoms with van der Waals surface area (Å²) in [5.74, 6) is 0.682. The topological polar surface area (TPSA) is 64.3 Å². The van der Waals surface area contributed by atoms with Crippen LogP contribution < -0.4 is 15.8 Å². The third-order valence-electron chi connectivity index (χ3n) is 3.63. The Labute approximate surface area is 128 Å². The fourth-order valence-corrected chi connectivity index (χ4v) is 2.23. The molecule has 4 nitrogen and oxygen atoms in total. The average molecular weight is 292 g/mol. The predicted octanol–water partition coefficient (Wildman–Crippen LogP) is 2.57. The molecule has 0 spiro atoms. The first-order chi connectivity index (χ1) is 10.0. The second-order valence-electron chi connectivity index (χ2n) is 5.43. The number of hydrogen-bond acceptors (Lipinski definition) is 3. The van der Waals surface area contributed by atoms with Gasteiger partial charge in [-0.1, -0.05) is 31.5 Å². The van der Waals surface area contributed by atoms with Gasteiger partial charge in [0.1, 0.15) is 5.75 Å². The molecule has 3 N–H and O–H groups in total. The lowest BCUT2D eigenvalue weighted by Crippen LogP contribution is -2.42. The van der Waals surface area contributed by atoms with Gasteiger partial charge in [0.15, 0.2) is 6.10 Å². The van der Waals surface area contributed by atoms with E-state index < -0.39 is 6.10 Å². The number of hydrogen-bond donors (Lipinski definition) is 2. The second kappa shape index (κ2) is 8.67. The Morgan fingerprint density at radius 1 is 1.33 bits per heavy atom. The van der Waals surface area contributed by atoms with E-state index in [1.54, 1.807) is 6.92 Å². The molecule has 0 aliphatic rings. The fourth-order valence-electron chi connectivity index (χ4n) is 2.23. The van der Waals surface area contributed by atoms with Gasteiger partial charge in [-0.2, -0.15) is 0 Å². The van der Waals surface area contributed by atoms with Gasteiger partial charge in [0.2, 0.25) is 0 Å². The number of rotatable bonds is 8. The van der Waals surface area contributed by atoms with Gasteiger partial charge < -0.3 is 15.8 Å². The van der Waals surface area contributed by atoms with E-state index in [9.17, 15) is 4.79 Å². The van der Waals surface area contributed by atoms with Crippen molar-refractivity contribution in [2.75, 3.05) is 6.54 Å². The first-order valence-corrected chi connectivity index (χ1v) is 7.78. The zero-order valence-electron chi connectivity index (χ0n) is 13.6. The number of nitrogens with one attached hydrogen (secondary N) is 1. The fraction of sp³-hybridized carbons (Fsp3) is 0.588. The molecule has 0 fully saturated rings. The lowest BCUT2D eigenvalue weighted by molar-refractivity contribution is -0.128. The van der Waals surface area contributed by atoms with Crippen LogP contribution in [0.2, 0.25) is 0 Å². The van der Waals surface area contributed by atoms with Crippen molar-refractivity contribution in [3.8, 4) is 5.75 Å². The van der Waals surface area contributed by atoms with Gasteiger partial charge in [0.05, 0.1) is 0 Å². The van der Waals surface area contributed by atoms with Crippen LogP contribution in [0.5, 0.6) is 5.75 Å². The van der Waals surface area contributed by atoms with E-state index in [0.29, 0.717) is 6.54 Å². The lowest BCUT2D eigenvalue weighted by Gasteiger charge is -2.21. The van der Waals surface area contributed by atoms with Gasteiger partial charge in [0, 0.05) is 6.04 Å². The number of benzene rings is 1. The maximum absolute atomic E-state index is 12.2. The van der Waals surface area contributed by atoms with Crippen LogP contribution in [0.1, 0.15) is 44.7 Å². The number of carbonyl (C=O) groups is 1. The SMILES string of the molecule is CCC(CC)NC(=O)C(C)Oc1ccc(C)cc1CCN. The highest BCUT2D eigenvalue weighted by atomic mass is 16.5. The van der Waals surface area contributed by atoms with E-state index in [-0.39, 0.29) is 11.9 Å². The first kappa shape index (κ1) is 17.5. The van der Waals surface area contributed by atoms with Crippen molar-refractivity contribution in [1.29, 1.82) is 0 Å². The van der Waals surface area contributed by atoms with Gasteiger partial charge in [-0.25, -0.2) is 0 Å². The summed E-state index contributed by atoms with van der Waals surface area (Å²) in [6.07, 6.45) is 2.10. The molecule has 0 aliphatic carbocycles. The molecule has 1 atom stereocenters. The highest BCUT2D eigenvalue weighted by Gasteiger charge is 2.18. The summed E-state index contributed by atoms with van der Waals surface area (Å²) in [6.45, 7) is 8.52. The van der Waals surface area contributed by atoms with Crippen LogP contribution in [0, 0.1) is 6.92 Å². The maximum Gasteiger partial charge on any atom is 0.260 e. The average Bonchev–Trinajstić information content (AvgIpc) is 2.47. The van der Waals surface area contributed by atoms with Crippen LogP contribution >= 0.6 is 0 Å². The highest BCUT2D eigenvalue weighted by Crippen LogP contribution is 2.21. The minimum atomic E-state index is -0.509. The van der Waals surface area contributed by atoms with E-state index in [1.165, 1.54) is 5.56 Å².